The van der Waals surface area contributed by atoms with Crippen molar-refractivity contribution in [2.75, 3.05) is 26.2 Å². The summed E-state index contributed by atoms with van der Waals surface area (Å²) in [6.45, 7) is 31.5. The van der Waals surface area contributed by atoms with Crippen molar-refractivity contribution in [3.05, 3.63) is 25.3 Å². The van der Waals surface area contributed by atoms with Gasteiger partial charge in [-0.1, -0.05) is 53.7 Å². The van der Waals surface area contributed by atoms with Crippen molar-refractivity contribution in [2.45, 2.75) is 154 Å². The van der Waals surface area contributed by atoms with E-state index in [1.807, 2.05) is 12.2 Å². The Balaban J connectivity index is 1.48. The number of nitrogens with zero attached hydrogens (tertiary/aromatic N) is 4. The van der Waals surface area contributed by atoms with E-state index in [0.717, 1.165) is 25.7 Å². The molecular formula is C38H64N6O4. The molecule has 4 aliphatic rings. The molecule has 4 aliphatic heterocycles. The Hall–Kier alpha value is -2.72. The van der Waals surface area contributed by atoms with E-state index in [-0.39, 0.29) is 71.0 Å². The van der Waals surface area contributed by atoms with E-state index >= 15 is 0 Å². The molecule has 8 atom stereocenters. The Morgan fingerprint density at radius 1 is 0.646 bits per heavy atom. The number of amides is 6. The molecule has 0 aromatic heterocycles. The van der Waals surface area contributed by atoms with Crippen molar-refractivity contribution >= 4 is 23.9 Å². The van der Waals surface area contributed by atoms with Crippen LogP contribution in [0.15, 0.2) is 25.3 Å². The fourth-order valence-electron chi connectivity index (χ4n) is 10.3. The molecule has 10 heteroatoms. The lowest BCUT2D eigenvalue weighted by molar-refractivity contribution is -0.154. The number of hydrogen-bond donors (Lipinski definition) is 2. The first kappa shape index (κ1) is 38.1. The summed E-state index contributed by atoms with van der Waals surface area (Å²) < 4.78 is 0. The van der Waals surface area contributed by atoms with Gasteiger partial charge in [-0.2, -0.15) is 0 Å². The van der Waals surface area contributed by atoms with Crippen molar-refractivity contribution in [3.8, 4) is 0 Å². The zero-order valence-electron chi connectivity index (χ0n) is 31.6. The predicted octanol–water partition coefficient (Wildman–Crippen LogP) is 6.08. The average Bonchev–Trinajstić information content (AvgIpc) is 3.44. The number of hydrogen-bond acceptors (Lipinski definition) is 6. The van der Waals surface area contributed by atoms with Gasteiger partial charge in [-0.3, -0.25) is 29.2 Å². The normalized spacial score (nSPS) is 40.6. The number of carbonyl (C=O) groups excluding carboxylic acids is 4. The molecular weight excluding hydrogens is 604 g/mol. The third-order valence-electron chi connectivity index (χ3n) is 14.2. The minimum Gasteiger partial charge on any atom is -0.323 e. The summed E-state index contributed by atoms with van der Waals surface area (Å²) in [6, 6.07) is -0.708. The predicted molar refractivity (Wildman–Crippen MR) is 191 cm³/mol. The minimum absolute atomic E-state index is 0.124. The summed E-state index contributed by atoms with van der Waals surface area (Å²) >= 11 is 0. The van der Waals surface area contributed by atoms with E-state index in [9.17, 15) is 19.2 Å². The van der Waals surface area contributed by atoms with Crippen molar-refractivity contribution < 1.29 is 19.2 Å². The fourth-order valence-corrected chi connectivity index (χ4v) is 10.3. The molecule has 0 aliphatic carbocycles. The van der Waals surface area contributed by atoms with Crippen LogP contribution >= 0.6 is 0 Å². The first-order valence-electron chi connectivity index (χ1n) is 18.5. The van der Waals surface area contributed by atoms with Crippen LogP contribution in [0.3, 0.4) is 0 Å². The molecule has 0 aromatic carbocycles. The zero-order chi connectivity index (χ0) is 36.1. The van der Waals surface area contributed by atoms with E-state index in [2.05, 4.69) is 103 Å². The van der Waals surface area contributed by atoms with Crippen molar-refractivity contribution in [1.82, 2.24) is 30.2 Å². The Bertz CT molecular complexity index is 1220. The van der Waals surface area contributed by atoms with Gasteiger partial charge in [0.15, 0.2) is 0 Å². The van der Waals surface area contributed by atoms with Crippen LogP contribution < -0.4 is 10.6 Å². The summed E-state index contributed by atoms with van der Waals surface area (Å²) in [4.78, 5) is 63.2. The summed E-state index contributed by atoms with van der Waals surface area (Å²) in [7, 11) is 0. The number of urea groups is 2. The van der Waals surface area contributed by atoms with E-state index < -0.39 is 11.1 Å². The first-order valence-corrected chi connectivity index (χ1v) is 18.5. The Labute approximate surface area is 290 Å². The molecule has 4 rings (SSSR count). The maximum Gasteiger partial charge on any atom is 0.325 e. The lowest BCUT2D eigenvalue weighted by Crippen LogP contribution is -2.75. The van der Waals surface area contributed by atoms with Gasteiger partial charge in [0.1, 0.15) is 11.1 Å². The van der Waals surface area contributed by atoms with Crippen LogP contribution in [0.1, 0.15) is 121 Å². The molecule has 6 amide bonds. The van der Waals surface area contributed by atoms with Gasteiger partial charge in [-0.25, -0.2) is 9.59 Å². The van der Waals surface area contributed by atoms with Crippen LogP contribution in [0.4, 0.5) is 9.59 Å². The number of rotatable bonds is 13. The lowest BCUT2D eigenvalue weighted by atomic mass is 9.60. The SMILES string of the molecule is C=CCN1C(C)(CC)CC2(NC(=O)N(CCCCN3C(=O)NC4(CC(C)(CC)N(CC=C)C(C)(CC)C4C)C3=O)C2=O)C(C)C1(C)CC. The molecule has 2 spiro atoms. The van der Waals surface area contributed by atoms with E-state index in [1.165, 1.54) is 9.80 Å². The van der Waals surface area contributed by atoms with Crippen LogP contribution in [-0.4, -0.2) is 103 Å². The highest BCUT2D eigenvalue weighted by Crippen LogP contribution is 2.53. The Morgan fingerprint density at radius 3 is 1.25 bits per heavy atom. The maximum absolute atomic E-state index is 14.3. The van der Waals surface area contributed by atoms with Gasteiger partial charge in [0.25, 0.3) is 11.8 Å². The quantitative estimate of drug-likeness (QED) is 0.140. The zero-order valence-corrected chi connectivity index (χ0v) is 31.6. The molecule has 270 valence electrons. The molecule has 0 aromatic rings. The topological polar surface area (TPSA) is 105 Å². The monoisotopic (exact) mass is 668 g/mol. The van der Waals surface area contributed by atoms with Crippen molar-refractivity contribution in [3.63, 3.8) is 0 Å². The minimum atomic E-state index is -0.990. The third-order valence-corrected chi connectivity index (χ3v) is 14.2. The maximum atomic E-state index is 14.3. The second-order valence-corrected chi connectivity index (χ2v) is 16.1. The number of likely N-dealkylation sites (tertiary alicyclic amines) is 2. The molecule has 8 unspecified atom stereocenters. The largest absolute Gasteiger partial charge is 0.325 e. The molecule has 4 saturated heterocycles. The van der Waals surface area contributed by atoms with Crippen molar-refractivity contribution in [2.24, 2.45) is 11.8 Å². The summed E-state index contributed by atoms with van der Waals surface area (Å²) in [6.07, 6.45) is 9.23. The Morgan fingerprint density at radius 2 is 0.979 bits per heavy atom. The molecule has 0 radical (unpaired) electrons. The van der Waals surface area contributed by atoms with Gasteiger partial charge in [-0.05, 0) is 79.1 Å². The van der Waals surface area contributed by atoms with E-state index in [4.69, 9.17) is 0 Å². The molecule has 4 heterocycles. The van der Waals surface area contributed by atoms with Crippen LogP contribution in [-0.2, 0) is 9.59 Å². The number of unbranched alkanes of at least 4 members (excludes halogenated alkanes) is 1. The van der Waals surface area contributed by atoms with E-state index in [1.54, 1.807) is 0 Å². The lowest BCUT2D eigenvalue weighted by Gasteiger charge is -2.63. The number of piperidine rings is 2. The van der Waals surface area contributed by atoms with Crippen LogP contribution in [0.25, 0.3) is 0 Å². The first-order chi connectivity index (χ1) is 22.4. The summed E-state index contributed by atoms with van der Waals surface area (Å²) in [5.74, 6) is -0.574. The van der Waals surface area contributed by atoms with Gasteiger partial charge in [0.05, 0.1) is 0 Å². The average molecular weight is 669 g/mol. The second-order valence-electron chi connectivity index (χ2n) is 16.1. The molecule has 0 bridgehead atoms. The third kappa shape index (κ3) is 5.35. The van der Waals surface area contributed by atoms with Crippen molar-refractivity contribution in [1.29, 1.82) is 0 Å². The molecule has 0 saturated carbocycles. The van der Waals surface area contributed by atoms with Crippen LogP contribution in [0, 0.1) is 11.8 Å². The standard InChI is InChI=1S/C38H64N6O4/c1-13-21-43-33(9,15-3)25-37(27(7)35(43,11)17-5)29(45)41(31(47)39-37)23-19-20-24-42-30(46)38(40-32(42)48)26-34(10,16-4)44(22-14-2)36(12,18-6)28(38)8/h13-14,27-28H,1-2,15-26H2,3-12H3,(H,39,47)(H,40,48). The summed E-state index contributed by atoms with van der Waals surface area (Å²) in [5.41, 5.74) is -3.23. The highest BCUT2D eigenvalue weighted by Gasteiger charge is 2.67. The van der Waals surface area contributed by atoms with Crippen LogP contribution in [0.2, 0.25) is 0 Å². The van der Waals surface area contributed by atoms with Gasteiger partial charge in [-0.15, -0.1) is 13.2 Å². The molecule has 2 N–H and O–H groups in total. The van der Waals surface area contributed by atoms with Gasteiger partial charge >= 0.3 is 12.1 Å². The van der Waals surface area contributed by atoms with E-state index in [0.29, 0.717) is 38.8 Å². The highest BCUT2D eigenvalue weighted by atomic mass is 16.2. The number of imide groups is 2. The van der Waals surface area contributed by atoms with Gasteiger partial charge < -0.3 is 10.6 Å². The summed E-state index contributed by atoms with van der Waals surface area (Å²) in [5, 5.41) is 6.37. The molecule has 10 nitrogen and oxygen atoms in total. The van der Waals surface area contributed by atoms with Crippen LogP contribution in [0.5, 0.6) is 0 Å². The number of carbonyl (C=O) groups is 4. The highest BCUT2D eigenvalue weighted by molar-refractivity contribution is 6.08. The molecule has 4 fully saturated rings. The molecule has 48 heavy (non-hydrogen) atoms. The number of nitrogens with one attached hydrogen (secondary N) is 2. The second kappa shape index (κ2) is 13.2. The van der Waals surface area contributed by atoms with Gasteiger partial charge in [0.2, 0.25) is 0 Å². The Kier molecular flexibility index (Phi) is 10.5. The smallest absolute Gasteiger partial charge is 0.323 e. The fraction of sp³-hybridized carbons (Fsp3) is 0.789. The van der Waals surface area contributed by atoms with Gasteiger partial charge in [0, 0.05) is 60.2 Å².